The summed E-state index contributed by atoms with van der Waals surface area (Å²) >= 11 is 0. The zero-order chi connectivity index (χ0) is 14.8. The van der Waals surface area contributed by atoms with Crippen molar-refractivity contribution < 1.29 is 4.74 Å². The van der Waals surface area contributed by atoms with Gasteiger partial charge in [-0.05, 0) is 49.7 Å². The summed E-state index contributed by atoms with van der Waals surface area (Å²) in [5.74, 6) is 1.43. The molecule has 1 fully saturated rings. The van der Waals surface area contributed by atoms with Gasteiger partial charge in [-0.2, -0.15) is 5.26 Å². The van der Waals surface area contributed by atoms with E-state index < -0.39 is 0 Å². The third-order valence-corrected chi connectivity index (χ3v) is 4.89. The molecule has 4 nitrogen and oxygen atoms in total. The SMILES string of the molecule is COC1CN(c2nc3c(cc2C#N)CCCC3)CCC1C. The van der Waals surface area contributed by atoms with Crippen LogP contribution in [-0.4, -0.2) is 31.3 Å². The van der Waals surface area contributed by atoms with Crippen molar-refractivity contribution in [1.82, 2.24) is 4.98 Å². The van der Waals surface area contributed by atoms with Gasteiger partial charge in [0.05, 0.1) is 11.7 Å². The fraction of sp³-hybridized carbons (Fsp3) is 0.647. The van der Waals surface area contributed by atoms with E-state index in [1.165, 1.54) is 24.1 Å². The average Bonchev–Trinajstić information content (AvgIpc) is 2.54. The highest BCUT2D eigenvalue weighted by Gasteiger charge is 2.28. The number of hydrogen-bond donors (Lipinski definition) is 0. The van der Waals surface area contributed by atoms with Gasteiger partial charge in [-0.1, -0.05) is 6.92 Å². The minimum Gasteiger partial charge on any atom is -0.379 e. The Morgan fingerprint density at radius 3 is 2.95 bits per heavy atom. The van der Waals surface area contributed by atoms with E-state index in [1.807, 2.05) is 0 Å². The molecule has 1 aromatic heterocycles. The molecule has 0 amide bonds. The van der Waals surface area contributed by atoms with E-state index in [-0.39, 0.29) is 6.10 Å². The highest BCUT2D eigenvalue weighted by molar-refractivity contribution is 5.57. The Hall–Kier alpha value is -1.60. The Bertz CT molecular complexity index is 564. The zero-order valence-corrected chi connectivity index (χ0v) is 12.9. The van der Waals surface area contributed by atoms with E-state index in [0.29, 0.717) is 5.92 Å². The summed E-state index contributed by atoms with van der Waals surface area (Å²) in [5.41, 5.74) is 3.19. The van der Waals surface area contributed by atoms with Crippen LogP contribution in [0.25, 0.3) is 0 Å². The number of hydrogen-bond acceptors (Lipinski definition) is 4. The van der Waals surface area contributed by atoms with Gasteiger partial charge >= 0.3 is 0 Å². The van der Waals surface area contributed by atoms with Crippen molar-refractivity contribution in [1.29, 1.82) is 5.26 Å². The predicted octanol–water partition coefficient (Wildman–Crippen LogP) is 2.69. The maximum absolute atomic E-state index is 9.48. The van der Waals surface area contributed by atoms with E-state index in [0.717, 1.165) is 43.7 Å². The Balaban J connectivity index is 1.92. The van der Waals surface area contributed by atoms with Gasteiger partial charge in [0.25, 0.3) is 0 Å². The van der Waals surface area contributed by atoms with Crippen LogP contribution in [0.4, 0.5) is 5.82 Å². The van der Waals surface area contributed by atoms with E-state index in [9.17, 15) is 5.26 Å². The number of pyridine rings is 1. The second-order valence-corrected chi connectivity index (χ2v) is 6.27. The van der Waals surface area contributed by atoms with Gasteiger partial charge in [-0.25, -0.2) is 4.98 Å². The first kappa shape index (κ1) is 14.3. The molecule has 1 aliphatic heterocycles. The summed E-state index contributed by atoms with van der Waals surface area (Å²) in [4.78, 5) is 7.09. The number of aryl methyl sites for hydroxylation is 2. The lowest BCUT2D eigenvalue weighted by molar-refractivity contribution is 0.0496. The van der Waals surface area contributed by atoms with Crippen molar-refractivity contribution in [2.24, 2.45) is 5.92 Å². The summed E-state index contributed by atoms with van der Waals surface area (Å²) in [6, 6.07) is 4.41. The number of fused-ring (bicyclic) bond motifs is 1. The Kier molecular flexibility index (Phi) is 4.12. The van der Waals surface area contributed by atoms with Gasteiger partial charge in [-0.3, -0.25) is 0 Å². The normalized spacial score (nSPS) is 25.3. The van der Waals surface area contributed by atoms with Crippen LogP contribution >= 0.6 is 0 Å². The van der Waals surface area contributed by atoms with Crippen LogP contribution < -0.4 is 4.90 Å². The largest absolute Gasteiger partial charge is 0.379 e. The average molecular weight is 285 g/mol. The van der Waals surface area contributed by atoms with Crippen LogP contribution in [0.2, 0.25) is 0 Å². The summed E-state index contributed by atoms with van der Waals surface area (Å²) < 4.78 is 5.59. The van der Waals surface area contributed by atoms with Crippen molar-refractivity contribution in [3.8, 4) is 6.07 Å². The Morgan fingerprint density at radius 1 is 1.38 bits per heavy atom. The standard InChI is InChI=1S/C17H23N3O/c1-12-7-8-20(11-16(12)21-2)17-14(10-18)9-13-5-3-4-6-15(13)19-17/h9,12,16H,3-8,11H2,1-2H3. The van der Waals surface area contributed by atoms with Crippen molar-refractivity contribution >= 4 is 5.82 Å². The Labute approximate surface area is 126 Å². The molecule has 3 rings (SSSR count). The second kappa shape index (κ2) is 6.03. The highest BCUT2D eigenvalue weighted by Crippen LogP contribution is 2.29. The first-order valence-electron chi connectivity index (χ1n) is 7.93. The molecular weight excluding hydrogens is 262 g/mol. The molecule has 1 aromatic rings. The molecule has 1 aliphatic carbocycles. The summed E-state index contributed by atoms with van der Waals surface area (Å²) in [6.07, 6.45) is 5.85. The number of aromatic nitrogens is 1. The molecule has 0 saturated carbocycles. The predicted molar refractivity (Wildman–Crippen MR) is 82.4 cm³/mol. The summed E-state index contributed by atoms with van der Waals surface area (Å²) in [5, 5.41) is 9.48. The number of nitriles is 1. The molecule has 1 saturated heterocycles. The maximum Gasteiger partial charge on any atom is 0.146 e. The number of ether oxygens (including phenoxy) is 1. The molecule has 0 bridgehead atoms. The molecule has 0 spiro atoms. The third kappa shape index (κ3) is 2.75. The quantitative estimate of drug-likeness (QED) is 0.838. The van der Waals surface area contributed by atoms with Gasteiger partial charge < -0.3 is 9.64 Å². The van der Waals surface area contributed by atoms with Gasteiger partial charge in [0, 0.05) is 25.9 Å². The third-order valence-electron chi connectivity index (χ3n) is 4.89. The maximum atomic E-state index is 9.48. The van der Waals surface area contributed by atoms with Crippen molar-refractivity contribution in [3.63, 3.8) is 0 Å². The first-order chi connectivity index (χ1) is 10.2. The van der Waals surface area contributed by atoms with Gasteiger partial charge in [0.1, 0.15) is 11.9 Å². The lowest BCUT2D eigenvalue weighted by atomic mass is 9.93. The van der Waals surface area contributed by atoms with E-state index >= 15 is 0 Å². The molecule has 4 heteroatoms. The topological polar surface area (TPSA) is 49.1 Å². The number of rotatable bonds is 2. The van der Waals surface area contributed by atoms with Crippen LogP contribution in [0.5, 0.6) is 0 Å². The molecule has 0 radical (unpaired) electrons. The first-order valence-corrected chi connectivity index (χ1v) is 7.93. The van der Waals surface area contributed by atoms with Crippen LogP contribution in [-0.2, 0) is 17.6 Å². The monoisotopic (exact) mass is 285 g/mol. The van der Waals surface area contributed by atoms with Crippen LogP contribution in [0, 0.1) is 17.2 Å². The summed E-state index contributed by atoms with van der Waals surface area (Å²) in [7, 11) is 1.77. The highest BCUT2D eigenvalue weighted by atomic mass is 16.5. The molecule has 0 N–H and O–H groups in total. The lowest BCUT2D eigenvalue weighted by Crippen LogP contribution is -2.44. The van der Waals surface area contributed by atoms with E-state index in [4.69, 9.17) is 9.72 Å². The number of anilines is 1. The molecule has 2 heterocycles. The van der Waals surface area contributed by atoms with Gasteiger partial charge in [-0.15, -0.1) is 0 Å². The van der Waals surface area contributed by atoms with Crippen molar-refractivity contribution in [3.05, 3.63) is 22.9 Å². The van der Waals surface area contributed by atoms with E-state index in [1.54, 1.807) is 7.11 Å². The minimum absolute atomic E-state index is 0.225. The molecule has 0 aromatic carbocycles. The van der Waals surface area contributed by atoms with Crippen molar-refractivity contribution in [2.75, 3.05) is 25.1 Å². The fourth-order valence-corrected chi connectivity index (χ4v) is 3.48. The lowest BCUT2D eigenvalue weighted by Gasteiger charge is -2.37. The van der Waals surface area contributed by atoms with Crippen LogP contribution in [0.3, 0.4) is 0 Å². The summed E-state index contributed by atoms with van der Waals surface area (Å²) in [6.45, 7) is 4.02. The number of piperidine rings is 1. The minimum atomic E-state index is 0.225. The number of methoxy groups -OCH3 is 1. The van der Waals surface area contributed by atoms with Gasteiger partial charge in [0.2, 0.25) is 0 Å². The zero-order valence-electron chi connectivity index (χ0n) is 12.9. The molecular formula is C17H23N3O. The number of nitrogens with zero attached hydrogens (tertiary/aromatic N) is 3. The van der Waals surface area contributed by atoms with Gasteiger partial charge in [0.15, 0.2) is 0 Å². The molecule has 2 unspecified atom stereocenters. The molecule has 112 valence electrons. The smallest absolute Gasteiger partial charge is 0.146 e. The molecule has 2 aliphatic rings. The Morgan fingerprint density at radius 2 is 2.19 bits per heavy atom. The fourth-order valence-electron chi connectivity index (χ4n) is 3.48. The van der Waals surface area contributed by atoms with E-state index in [2.05, 4.69) is 24.0 Å². The van der Waals surface area contributed by atoms with Crippen molar-refractivity contribution in [2.45, 2.75) is 45.1 Å². The molecule has 21 heavy (non-hydrogen) atoms. The van der Waals surface area contributed by atoms with Crippen LogP contribution in [0.1, 0.15) is 43.0 Å². The van der Waals surface area contributed by atoms with Crippen LogP contribution in [0.15, 0.2) is 6.07 Å². The molecule has 2 atom stereocenters. The second-order valence-electron chi connectivity index (χ2n) is 6.27.